The van der Waals surface area contributed by atoms with Crippen LogP contribution in [-0.4, -0.2) is 30.8 Å². The first-order valence-electron chi connectivity index (χ1n) is 8.01. The zero-order valence-electron chi connectivity index (χ0n) is 15.1. The van der Waals surface area contributed by atoms with E-state index in [1.165, 1.54) is 6.92 Å². The van der Waals surface area contributed by atoms with Crippen LogP contribution in [0.15, 0.2) is 18.2 Å². The van der Waals surface area contributed by atoms with E-state index in [4.69, 9.17) is 4.74 Å². The van der Waals surface area contributed by atoms with E-state index in [0.717, 1.165) is 18.5 Å². The van der Waals surface area contributed by atoms with Gasteiger partial charge in [0.15, 0.2) is 0 Å². The van der Waals surface area contributed by atoms with Gasteiger partial charge >= 0.3 is 0 Å². The molecule has 0 saturated heterocycles. The lowest BCUT2D eigenvalue weighted by Gasteiger charge is -2.28. The standard InChI is InChI=1S/C18H30N2O3/c1-12(21)10-18(4,5)11-19-13(2)15-7-8-17(23-6)16(9-15)20-14(3)22/h7-9,12-13,19,21H,10-11H2,1-6H3,(H,20,22). The van der Waals surface area contributed by atoms with E-state index in [1.807, 2.05) is 25.1 Å². The minimum atomic E-state index is -0.311. The number of hydrogen-bond donors (Lipinski definition) is 3. The van der Waals surface area contributed by atoms with Gasteiger partial charge in [-0.3, -0.25) is 4.79 Å². The molecule has 1 aromatic rings. The predicted octanol–water partition coefficient (Wildman–Crippen LogP) is 3.10. The molecule has 0 spiro atoms. The van der Waals surface area contributed by atoms with E-state index in [2.05, 4.69) is 31.4 Å². The molecule has 1 rings (SSSR count). The zero-order valence-corrected chi connectivity index (χ0v) is 15.1. The van der Waals surface area contributed by atoms with Crippen molar-refractivity contribution in [1.82, 2.24) is 5.32 Å². The fraction of sp³-hybridized carbons (Fsp3) is 0.611. The molecular weight excluding hydrogens is 292 g/mol. The molecule has 23 heavy (non-hydrogen) atoms. The summed E-state index contributed by atoms with van der Waals surface area (Å²) in [4.78, 5) is 11.3. The number of benzene rings is 1. The minimum absolute atomic E-state index is 0.00929. The molecule has 3 N–H and O–H groups in total. The van der Waals surface area contributed by atoms with Gasteiger partial charge in [0.1, 0.15) is 5.75 Å². The Morgan fingerprint density at radius 2 is 2.00 bits per heavy atom. The van der Waals surface area contributed by atoms with Crippen LogP contribution < -0.4 is 15.4 Å². The van der Waals surface area contributed by atoms with Gasteiger partial charge in [-0.2, -0.15) is 0 Å². The van der Waals surface area contributed by atoms with Crippen molar-refractivity contribution in [1.29, 1.82) is 0 Å². The lowest BCUT2D eigenvalue weighted by Crippen LogP contribution is -2.33. The Bertz CT molecular complexity index is 527. The Morgan fingerprint density at radius 1 is 1.35 bits per heavy atom. The van der Waals surface area contributed by atoms with Gasteiger partial charge < -0.3 is 20.5 Å². The number of aliphatic hydroxyl groups is 1. The van der Waals surface area contributed by atoms with Crippen molar-refractivity contribution in [2.45, 2.75) is 53.2 Å². The highest BCUT2D eigenvalue weighted by molar-refractivity contribution is 5.90. The molecule has 1 amide bonds. The summed E-state index contributed by atoms with van der Waals surface area (Å²) in [6.45, 7) is 10.4. The zero-order chi connectivity index (χ0) is 17.6. The third kappa shape index (κ3) is 6.59. The summed E-state index contributed by atoms with van der Waals surface area (Å²) in [5, 5.41) is 15.9. The van der Waals surface area contributed by atoms with Crippen LogP contribution in [0.4, 0.5) is 5.69 Å². The summed E-state index contributed by atoms with van der Waals surface area (Å²) in [5.74, 6) is 0.518. The smallest absolute Gasteiger partial charge is 0.221 e. The number of amides is 1. The highest BCUT2D eigenvalue weighted by atomic mass is 16.5. The van der Waals surface area contributed by atoms with E-state index < -0.39 is 0 Å². The van der Waals surface area contributed by atoms with Gasteiger partial charge in [0.05, 0.1) is 18.9 Å². The fourth-order valence-electron chi connectivity index (χ4n) is 2.70. The molecule has 0 aromatic heterocycles. The van der Waals surface area contributed by atoms with E-state index in [-0.39, 0.29) is 23.5 Å². The maximum absolute atomic E-state index is 11.3. The second-order valence-corrected chi connectivity index (χ2v) is 6.96. The lowest BCUT2D eigenvalue weighted by atomic mass is 9.86. The van der Waals surface area contributed by atoms with Crippen LogP contribution >= 0.6 is 0 Å². The number of anilines is 1. The molecule has 0 radical (unpaired) electrons. The Kier molecular flexibility index (Phi) is 7.03. The number of rotatable bonds is 8. The van der Waals surface area contributed by atoms with E-state index in [0.29, 0.717) is 11.4 Å². The molecule has 130 valence electrons. The molecule has 0 heterocycles. The van der Waals surface area contributed by atoms with Crippen molar-refractivity contribution in [2.75, 3.05) is 19.0 Å². The van der Waals surface area contributed by atoms with Crippen LogP contribution in [0.2, 0.25) is 0 Å². The van der Waals surface area contributed by atoms with Gasteiger partial charge in [-0.1, -0.05) is 19.9 Å². The van der Waals surface area contributed by atoms with Crippen LogP contribution in [0.5, 0.6) is 5.75 Å². The van der Waals surface area contributed by atoms with Gasteiger partial charge in [-0.15, -0.1) is 0 Å². The van der Waals surface area contributed by atoms with E-state index in [1.54, 1.807) is 7.11 Å². The summed E-state index contributed by atoms with van der Waals surface area (Å²) < 4.78 is 5.28. The predicted molar refractivity (Wildman–Crippen MR) is 93.8 cm³/mol. The summed E-state index contributed by atoms with van der Waals surface area (Å²) in [7, 11) is 1.58. The van der Waals surface area contributed by atoms with Crippen LogP contribution in [0, 0.1) is 5.41 Å². The van der Waals surface area contributed by atoms with Crippen LogP contribution in [0.25, 0.3) is 0 Å². The molecule has 5 heteroatoms. The average molecular weight is 322 g/mol. The van der Waals surface area contributed by atoms with Crippen molar-refractivity contribution < 1.29 is 14.6 Å². The van der Waals surface area contributed by atoms with Crippen molar-refractivity contribution in [3.05, 3.63) is 23.8 Å². The van der Waals surface area contributed by atoms with E-state index in [9.17, 15) is 9.90 Å². The molecule has 0 aliphatic rings. The summed E-state index contributed by atoms with van der Waals surface area (Å²) in [5.41, 5.74) is 1.76. The lowest BCUT2D eigenvalue weighted by molar-refractivity contribution is -0.114. The fourth-order valence-corrected chi connectivity index (χ4v) is 2.70. The Hall–Kier alpha value is -1.59. The van der Waals surface area contributed by atoms with Crippen LogP contribution in [0.3, 0.4) is 0 Å². The Morgan fingerprint density at radius 3 is 2.52 bits per heavy atom. The number of nitrogens with one attached hydrogen (secondary N) is 2. The van der Waals surface area contributed by atoms with Gasteiger partial charge in [0.25, 0.3) is 0 Å². The number of methoxy groups -OCH3 is 1. The normalized spacial score (nSPS) is 14.2. The molecule has 0 saturated carbocycles. The Balaban J connectivity index is 2.79. The first kappa shape index (κ1) is 19.5. The summed E-state index contributed by atoms with van der Waals surface area (Å²) >= 11 is 0. The SMILES string of the molecule is COc1ccc(C(C)NCC(C)(C)CC(C)O)cc1NC(C)=O. The quantitative estimate of drug-likeness (QED) is 0.688. The maximum atomic E-state index is 11.3. The number of aliphatic hydroxyl groups excluding tert-OH is 1. The van der Waals surface area contributed by atoms with Gasteiger partial charge in [-0.25, -0.2) is 0 Å². The highest BCUT2D eigenvalue weighted by Gasteiger charge is 2.21. The second kappa shape index (κ2) is 8.31. The summed E-state index contributed by atoms with van der Waals surface area (Å²) in [6.07, 6.45) is 0.432. The molecule has 0 bridgehead atoms. The molecule has 0 aliphatic carbocycles. The number of carbonyl (C=O) groups excluding carboxylic acids is 1. The molecule has 0 fully saturated rings. The Labute approximate surface area is 139 Å². The van der Waals surface area contributed by atoms with Crippen LogP contribution in [0.1, 0.15) is 52.6 Å². The molecule has 2 unspecified atom stereocenters. The van der Waals surface area contributed by atoms with Crippen molar-refractivity contribution >= 4 is 11.6 Å². The first-order chi connectivity index (χ1) is 10.6. The first-order valence-corrected chi connectivity index (χ1v) is 8.01. The molecular formula is C18H30N2O3. The van der Waals surface area contributed by atoms with Crippen LogP contribution in [-0.2, 0) is 4.79 Å². The molecule has 5 nitrogen and oxygen atoms in total. The second-order valence-electron chi connectivity index (χ2n) is 6.96. The summed E-state index contributed by atoms with van der Waals surface area (Å²) in [6, 6.07) is 5.91. The minimum Gasteiger partial charge on any atom is -0.495 e. The molecule has 2 atom stereocenters. The number of carbonyl (C=O) groups is 1. The molecule has 1 aromatic carbocycles. The number of ether oxygens (including phenoxy) is 1. The third-order valence-corrected chi connectivity index (χ3v) is 3.77. The molecule has 0 aliphatic heterocycles. The van der Waals surface area contributed by atoms with Gasteiger partial charge in [0, 0.05) is 19.5 Å². The monoisotopic (exact) mass is 322 g/mol. The maximum Gasteiger partial charge on any atom is 0.221 e. The van der Waals surface area contributed by atoms with E-state index >= 15 is 0 Å². The largest absolute Gasteiger partial charge is 0.495 e. The van der Waals surface area contributed by atoms with Gasteiger partial charge in [-0.05, 0) is 43.4 Å². The number of hydrogen-bond acceptors (Lipinski definition) is 4. The highest BCUT2D eigenvalue weighted by Crippen LogP contribution is 2.29. The third-order valence-electron chi connectivity index (χ3n) is 3.77. The van der Waals surface area contributed by atoms with Crippen molar-refractivity contribution in [2.24, 2.45) is 5.41 Å². The van der Waals surface area contributed by atoms with Crippen molar-refractivity contribution in [3.8, 4) is 5.75 Å². The average Bonchev–Trinajstić information content (AvgIpc) is 2.42. The van der Waals surface area contributed by atoms with Gasteiger partial charge in [0.2, 0.25) is 5.91 Å². The topological polar surface area (TPSA) is 70.6 Å². The van der Waals surface area contributed by atoms with Crippen molar-refractivity contribution in [3.63, 3.8) is 0 Å².